The van der Waals surface area contributed by atoms with E-state index in [1.54, 1.807) is 0 Å². The van der Waals surface area contributed by atoms with Crippen molar-refractivity contribution in [1.82, 2.24) is 0 Å². The summed E-state index contributed by atoms with van der Waals surface area (Å²) in [6.45, 7) is 5.36. The van der Waals surface area contributed by atoms with Crippen LogP contribution in [0.15, 0.2) is 17.0 Å². The molecule has 0 aliphatic carbocycles. The van der Waals surface area contributed by atoms with Gasteiger partial charge in [-0.05, 0) is 24.6 Å². The molecule has 18 heavy (non-hydrogen) atoms. The Bertz CT molecular complexity index is 522. The lowest BCUT2D eigenvalue weighted by molar-refractivity contribution is -0.137. The van der Waals surface area contributed by atoms with Gasteiger partial charge in [0.2, 0.25) is 0 Å². The van der Waals surface area contributed by atoms with Crippen molar-refractivity contribution in [2.24, 2.45) is 0 Å². The molecule has 0 aliphatic rings. The van der Waals surface area contributed by atoms with E-state index in [-0.39, 0.29) is 10.6 Å². The van der Waals surface area contributed by atoms with Crippen molar-refractivity contribution < 1.29 is 21.6 Å². The number of hydrogen-bond donors (Lipinski definition) is 0. The standard InChI is InChI=1S/C9H8ClF3O2S.C2H6/c1-5-7(10)3-6(9(11,12)13)4-8(5)16(2,14)15;1-2/h3-4H,1-2H3;1-2H3. The molecule has 0 bridgehead atoms. The normalized spacial score (nSPS) is 11.8. The van der Waals surface area contributed by atoms with Gasteiger partial charge in [-0.25, -0.2) is 8.42 Å². The molecule has 7 heteroatoms. The number of sulfone groups is 1. The molecule has 1 rings (SSSR count). The zero-order valence-electron chi connectivity index (χ0n) is 10.4. The highest BCUT2D eigenvalue weighted by Gasteiger charge is 2.32. The van der Waals surface area contributed by atoms with Gasteiger partial charge in [0.25, 0.3) is 0 Å². The van der Waals surface area contributed by atoms with E-state index in [4.69, 9.17) is 11.6 Å². The third-order valence-corrected chi connectivity index (χ3v) is 3.64. The van der Waals surface area contributed by atoms with Crippen LogP contribution in [0.2, 0.25) is 5.02 Å². The molecule has 0 aromatic heterocycles. The van der Waals surface area contributed by atoms with Gasteiger partial charge < -0.3 is 0 Å². The van der Waals surface area contributed by atoms with E-state index in [1.807, 2.05) is 13.8 Å². The largest absolute Gasteiger partial charge is 0.416 e. The average molecular weight is 303 g/mol. The summed E-state index contributed by atoms with van der Waals surface area (Å²) in [7, 11) is -3.72. The highest BCUT2D eigenvalue weighted by atomic mass is 35.5. The Labute approximate surface area is 110 Å². The van der Waals surface area contributed by atoms with Gasteiger partial charge in [0.15, 0.2) is 9.84 Å². The van der Waals surface area contributed by atoms with Gasteiger partial charge in [-0.2, -0.15) is 13.2 Å². The first-order chi connectivity index (χ1) is 8.03. The van der Waals surface area contributed by atoms with Crippen LogP contribution in [0.5, 0.6) is 0 Å². The van der Waals surface area contributed by atoms with Gasteiger partial charge in [-0.1, -0.05) is 25.4 Å². The van der Waals surface area contributed by atoms with Crippen LogP contribution in [0, 0.1) is 6.92 Å². The van der Waals surface area contributed by atoms with Crippen molar-refractivity contribution in [3.63, 3.8) is 0 Å². The first-order valence-electron chi connectivity index (χ1n) is 5.11. The summed E-state index contributed by atoms with van der Waals surface area (Å²) < 4.78 is 59.8. The second kappa shape index (κ2) is 5.93. The quantitative estimate of drug-likeness (QED) is 0.783. The summed E-state index contributed by atoms with van der Waals surface area (Å²) in [4.78, 5) is -0.396. The Hall–Kier alpha value is -0.750. The Morgan fingerprint density at radius 1 is 1.17 bits per heavy atom. The molecular formula is C11H14ClF3O2S. The first kappa shape index (κ1) is 17.2. The summed E-state index contributed by atoms with van der Waals surface area (Å²) in [6, 6.07) is 1.31. The highest BCUT2D eigenvalue weighted by Crippen LogP contribution is 2.35. The summed E-state index contributed by atoms with van der Waals surface area (Å²) in [5.41, 5.74) is -0.944. The molecule has 0 saturated carbocycles. The average Bonchev–Trinajstić information content (AvgIpc) is 2.21. The van der Waals surface area contributed by atoms with Crippen molar-refractivity contribution in [2.45, 2.75) is 31.8 Å². The third kappa shape index (κ3) is 4.17. The van der Waals surface area contributed by atoms with Gasteiger partial charge >= 0.3 is 6.18 Å². The number of benzene rings is 1. The Morgan fingerprint density at radius 2 is 1.61 bits per heavy atom. The molecule has 0 atom stereocenters. The molecule has 0 spiro atoms. The van der Waals surface area contributed by atoms with E-state index in [0.717, 1.165) is 6.26 Å². The van der Waals surface area contributed by atoms with Crippen LogP contribution < -0.4 is 0 Å². The minimum absolute atomic E-state index is 0.122. The van der Waals surface area contributed by atoms with E-state index in [2.05, 4.69) is 0 Å². The van der Waals surface area contributed by atoms with Crippen LogP contribution in [0.4, 0.5) is 13.2 Å². The summed E-state index contributed by atoms with van der Waals surface area (Å²) in [5, 5.41) is -0.213. The van der Waals surface area contributed by atoms with Gasteiger partial charge in [0.05, 0.1) is 10.5 Å². The summed E-state index contributed by atoms with van der Waals surface area (Å²) >= 11 is 5.57. The molecule has 0 saturated heterocycles. The molecule has 0 unspecified atom stereocenters. The lowest BCUT2D eigenvalue weighted by Crippen LogP contribution is -2.09. The smallest absolute Gasteiger partial charge is 0.224 e. The van der Waals surface area contributed by atoms with Crippen molar-refractivity contribution in [3.8, 4) is 0 Å². The van der Waals surface area contributed by atoms with Crippen molar-refractivity contribution in [1.29, 1.82) is 0 Å². The van der Waals surface area contributed by atoms with Crippen LogP contribution in [0.1, 0.15) is 25.0 Å². The van der Waals surface area contributed by atoms with Crippen LogP contribution in [-0.2, 0) is 16.0 Å². The molecule has 0 amide bonds. The van der Waals surface area contributed by atoms with E-state index < -0.39 is 26.5 Å². The van der Waals surface area contributed by atoms with E-state index in [0.29, 0.717) is 12.1 Å². The van der Waals surface area contributed by atoms with Gasteiger partial charge in [0, 0.05) is 11.3 Å². The second-order valence-electron chi connectivity index (χ2n) is 3.35. The molecule has 0 N–H and O–H groups in total. The maximum Gasteiger partial charge on any atom is 0.416 e. The van der Waals surface area contributed by atoms with E-state index in [1.165, 1.54) is 6.92 Å². The number of hydrogen-bond acceptors (Lipinski definition) is 2. The Kier molecular flexibility index (Phi) is 5.68. The molecule has 0 fully saturated rings. The minimum atomic E-state index is -4.61. The molecule has 1 aromatic rings. The molecule has 0 heterocycles. The van der Waals surface area contributed by atoms with E-state index >= 15 is 0 Å². The van der Waals surface area contributed by atoms with Crippen molar-refractivity contribution >= 4 is 21.4 Å². The van der Waals surface area contributed by atoms with Crippen LogP contribution >= 0.6 is 11.6 Å². The molecule has 0 aliphatic heterocycles. The maximum absolute atomic E-state index is 12.4. The van der Waals surface area contributed by atoms with Crippen LogP contribution in [-0.4, -0.2) is 14.7 Å². The predicted octanol–water partition coefficient (Wildman–Crippen LogP) is 4.10. The first-order valence-corrected chi connectivity index (χ1v) is 7.38. The maximum atomic E-state index is 12.4. The number of alkyl halides is 3. The minimum Gasteiger partial charge on any atom is -0.224 e. The zero-order chi connectivity index (χ0) is 14.7. The third-order valence-electron chi connectivity index (χ3n) is 2.02. The Morgan fingerprint density at radius 3 is 1.94 bits per heavy atom. The molecule has 0 radical (unpaired) electrons. The predicted molar refractivity (Wildman–Crippen MR) is 65.6 cm³/mol. The van der Waals surface area contributed by atoms with Gasteiger partial charge in [-0.15, -0.1) is 0 Å². The molecular weight excluding hydrogens is 289 g/mol. The molecule has 2 nitrogen and oxygen atoms in total. The van der Waals surface area contributed by atoms with Crippen molar-refractivity contribution in [2.75, 3.05) is 6.26 Å². The fourth-order valence-corrected chi connectivity index (χ4v) is 2.48. The monoisotopic (exact) mass is 302 g/mol. The van der Waals surface area contributed by atoms with E-state index in [9.17, 15) is 21.6 Å². The SMILES string of the molecule is CC.Cc1c(Cl)cc(C(F)(F)F)cc1S(C)(=O)=O. The summed E-state index contributed by atoms with van der Waals surface area (Å²) in [6.07, 6.45) is -3.78. The Balaban J connectivity index is 0.00000137. The van der Waals surface area contributed by atoms with Crippen LogP contribution in [0.3, 0.4) is 0 Å². The van der Waals surface area contributed by atoms with Gasteiger partial charge in [-0.3, -0.25) is 0 Å². The van der Waals surface area contributed by atoms with Gasteiger partial charge in [0.1, 0.15) is 0 Å². The molecule has 104 valence electrons. The van der Waals surface area contributed by atoms with Crippen LogP contribution in [0.25, 0.3) is 0 Å². The lowest BCUT2D eigenvalue weighted by atomic mass is 10.1. The number of halogens is 4. The number of rotatable bonds is 1. The summed E-state index contributed by atoms with van der Waals surface area (Å²) in [5.74, 6) is 0. The fourth-order valence-electron chi connectivity index (χ4n) is 1.20. The lowest BCUT2D eigenvalue weighted by Gasteiger charge is -2.11. The zero-order valence-corrected chi connectivity index (χ0v) is 12.0. The molecule has 1 aromatic carbocycles. The highest BCUT2D eigenvalue weighted by molar-refractivity contribution is 7.90. The topological polar surface area (TPSA) is 34.1 Å². The second-order valence-corrected chi connectivity index (χ2v) is 5.74. The van der Waals surface area contributed by atoms with Crippen molar-refractivity contribution in [3.05, 3.63) is 28.3 Å². The fraction of sp³-hybridized carbons (Fsp3) is 0.455.